The van der Waals surface area contributed by atoms with Crippen molar-refractivity contribution in [2.75, 3.05) is 5.32 Å². The molecule has 0 atom stereocenters. The van der Waals surface area contributed by atoms with Crippen LogP contribution in [0.5, 0.6) is 0 Å². The summed E-state index contributed by atoms with van der Waals surface area (Å²) >= 11 is 5.99. The Morgan fingerprint density at radius 3 is 2.68 bits per heavy atom. The number of ketones is 1. The van der Waals surface area contributed by atoms with Crippen molar-refractivity contribution in [3.8, 4) is 0 Å². The van der Waals surface area contributed by atoms with Crippen molar-refractivity contribution >= 4 is 29.0 Å². The van der Waals surface area contributed by atoms with Crippen LogP contribution in [0.15, 0.2) is 30.5 Å². The molecule has 0 radical (unpaired) electrons. The Kier molecular flexibility index (Phi) is 3.71. The van der Waals surface area contributed by atoms with Crippen LogP contribution in [-0.4, -0.2) is 16.7 Å². The van der Waals surface area contributed by atoms with Crippen LogP contribution < -0.4 is 5.32 Å². The average Bonchev–Trinajstić information content (AvgIpc) is 2.84. The van der Waals surface area contributed by atoms with Crippen LogP contribution in [0.1, 0.15) is 33.3 Å². The molecule has 0 aliphatic carbocycles. The molecule has 1 heterocycles. The van der Waals surface area contributed by atoms with Crippen molar-refractivity contribution in [1.82, 2.24) is 4.98 Å². The number of rotatable bonds is 3. The number of aromatic nitrogens is 1. The SMILES string of the molecule is CC(=O)c1c[nH]c(C(=O)Nc2cccc(Cl)c2C)c1. The molecule has 19 heavy (non-hydrogen) atoms. The molecule has 0 aliphatic heterocycles. The van der Waals surface area contributed by atoms with Gasteiger partial charge in [0.2, 0.25) is 0 Å². The lowest BCUT2D eigenvalue weighted by Crippen LogP contribution is -2.13. The third-order valence-electron chi connectivity index (χ3n) is 2.85. The molecular formula is C14H13ClN2O2. The highest BCUT2D eigenvalue weighted by Gasteiger charge is 2.12. The molecule has 1 amide bonds. The van der Waals surface area contributed by atoms with E-state index < -0.39 is 0 Å². The number of anilines is 1. The van der Waals surface area contributed by atoms with E-state index in [2.05, 4.69) is 10.3 Å². The summed E-state index contributed by atoms with van der Waals surface area (Å²) in [5, 5.41) is 3.35. The summed E-state index contributed by atoms with van der Waals surface area (Å²) < 4.78 is 0. The Hall–Kier alpha value is -2.07. The molecule has 0 unspecified atom stereocenters. The number of carbonyl (C=O) groups excluding carboxylic acids is 2. The van der Waals surface area contributed by atoms with Gasteiger partial charge in [0.15, 0.2) is 5.78 Å². The number of halogens is 1. The zero-order valence-corrected chi connectivity index (χ0v) is 11.3. The molecular weight excluding hydrogens is 264 g/mol. The highest BCUT2D eigenvalue weighted by molar-refractivity contribution is 6.31. The van der Waals surface area contributed by atoms with Crippen LogP contribution in [0.25, 0.3) is 0 Å². The second-order valence-corrected chi connectivity index (χ2v) is 4.63. The van der Waals surface area contributed by atoms with Gasteiger partial charge in [-0.05, 0) is 37.6 Å². The number of benzene rings is 1. The Morgan fingerprint density at radius 2 is 2.05 bits per heavy atom. The summed E-state index contributed by atoms with van der Waals surface area (Å²) in [6.45, 7) is 3.28. The molecule has 2 rings (SSSR count). The molecule has 4 nitrogen and oxygen atoms in total. The number of amides is 1. The van der Waals surface area contributed by atoms with Gasteiger partial charge >= 0.3 is 0 Å². The van der Waals surface area contributed by atoms with Crippen molar-refractivity contribution in [1.29, 1.82) is 0 Å². The van der Waals surface area contributed by atoms with Gasteiger partial charge in [0.1, 0.15) is 5.69 Å². The first-order chi connectivity index (χ1) is 8.99. The Morgan fingerprint density at radius 1 is 1.32 bits per heavy atom. The van der Waals surface area contributed by atoms with Gasteiger partial charge in [-0.2, -0.15) is 0 Å². The fourth-order valence-electron chi connectivity index (χ4n) is 1.66. The van der Waals surface area contributed by atoms with Crippen molar-refractivity contribution in [3.63, 3.8) is 0 Å². The maximum Gasteiger partial charge on any atom is 0.272 e. The minimum atomic E-state index is -0.308. The average molecular weight is 277 g/mol. The van der Waals surface area contributed by atoms with E-state index in [0.717, 1.165) is 5.56 Å². The summed E-state index contributed by atoms with van der Waals surface area (Å²) in [5.74, 6) is -0.396. The van der Waals surface area contributed by atoms with Crippen molar-refractivity contribution in [2.45, 2.75) is 13.8 Å². The number of Topliss-reactive ketones (excluding diaryl/α,β-unsaturated/α-hetero) is 1. The molecule has 0 spiro atoms. The quantitative estimate of drug-likeness (QED) is 0.844. The number of carbonyl (C=O) groups is 2. The number of H-pyrrole nitrogens is 1. The van der Waals surface area contributed by atoms with Crippen LogP contribution in [0, 0.1) is 6.92 Å². The second-order valence-electron chi connectivity index (χ2n) is 4.22. The molecule has 1 aromatic heterocycles. The lowest BCUT2D eigenvalue weighted by molar-refractivity contribution is 0.101. The molecule has 0 saturated carbocycles. The van der Waals surface area contributed by atoms with E-state index in [4.69, 9.17) is 11.6 Å². The maximum absolute atomic E-state index is 12.0. The van der Waals surface area contributed by atoms with Gasteiger partial charge in [-0.3, -0.25) is 9.59 Å². The molecule has 98 valence electrons. The van der Waals surface area contributed by atoms with E-state index in [1.807, 2.05) is 6.92 Å². The normalized spacial score (nSPS) is 10.3. The van der Waals surface area contributed by atoms with Crippen LogP contribution in [0.2, 0.25) is 5.02 Å². The minimum Gasteiger partial charge on any atom is -0.356 e. The van der Waals surface area contributed by atoms with Gasteiger partial charge in [0.25, 0.3) is 5.91 Å². The van der Waals surface area contributed by atoms with Crippen LogP contribution in [0.4, 0.5) is 5.69 Å². The lowest BCUT2D eigenvalue weighted by Gasteiger charge is -2.08. The molecule has 2 aromatic rings. The Bertz CT molecular complexity index is 647. The fraction of sp³-hybridized carbons (Fsp3) is 0.143. The molecule has 2 N–H and O–H groups in total. The van der Waals surface area contributed by atoms with E-state index in [-0.39, 0.29) is 11.7 Å². The third-order valence-corrected chi connectivity index (χ3v) is 3.26. The van der Waals surface area contributed by atoms with E-state index in [1.54, 1.807) is 18.2 Å². The first-order valence-corrected chi connectivity index (χ1v) is 6.12. The number of nitrogens with one attached hydrogen (secondary N) is 2. The zero-order chi connectivity index (χ0) is 14.0. The number of hydrogen-bond acceptors (Lipinski definition) is 2. The highest BCUT2D eigenvalue weighted by atomic mass is 35.5. The van der Waals surface area contributed by atoms with E-state index in [1.165, 1.54) is 19.2 Å². The van der Waals surface area contributed by atoms with E-state index in [9.17, 15) is 9.59 Å². The third kappa shape index (κ3) is 2.85. The van der Waals surface area contributed by atoms with Gasteiger partial charge in [-0.15, -0.1) is 0 Å². The molecule has 0 bridgehead atoms. The van der Waals surface area contributed by atoms with Gasteiger partial charge in [0, 0.05) is 22.5 Å². The number of hydrogen-bond donors (Lipinski definition) is 2. The summed E-state index contributed by atoms with van der Waals surface area (Å²) in [4.78, 5) is 26.0. The van der Waals surface area contributed by atoms with Crippen LogP contribution in [0.3, 0.4) is 0 Å². The molecule has 0 aliphatic rings. The lowest BCUT2D eigenvalue weighted by atomic mass is 10.2. The summed E-state index contributed by atoms with van der Waals surface area (Å²) in [5.41, 5.74) is 2.27. The molecule has 0 saturated heterocycles. The largest absolute Gasteiger partial charge is 0.356 e. The summed E-state index contributed by atoms with van der Waals surface area (Å²) in [6.07, 6.45) is 1.52. The maximum atomic E-state index is 12.0. The molecule has 0 fully saturated rings. The standard InChI is InChI=1S/C14H13ClN2O2/c1-8-11(15)4-3-5-12(8)17-14(19)13-6-10(7-16-13)9(2)18/h3-7,16H,1-2H3,(H,17,19). The van der Waals surface area contributed by atoms with Gasteiger partial charge in [0.05, 0.1) is 0 Å². The van der Waals surface area contributed by atoms with Gasteiger partial charge in [-0.1, -0.05) is 17.7 Å². The molecule has 1 aromatic carbocycles. The minimum absolute atomic E-state index is 0.0887. The fourth-order valence-corrected chi connectivity index (χ4v) is 1.84. The van der Waals surface area contributed by atoms with Crippen molar-refractivity contribution < 1.29 is 9.59 Å². The predicted molar refractivity (Wildman–Crippen MR) is 74.9 cm³/mol. The highest BCUT2D eigenvalue weighted by Crippen LogP contribution is 2.23. The number of aromatic amines is 1. The smallest absolute Gasteiger partial charge is 0.272 e. The summed E-state index contributed by atoms with van der Waals surface area (Å²) in [7, 11) is 0. The Balaban J connectivity index is 2.21. The van der Waals surface area contributed by atoms with Crippen molar-refractivity contribution in [2.24, 2.45) is 0 Å². The summed E-state index contributed by atoms with van der Waals surface area (Å²) in [6, 6.07) is 6.82. The Labute approximate surface area is 115 Å². The van der Waals surface area contributed by atoms with Crippen molar-refractivity contribution in [3.05, 3.63) is 52.3 Å². The zero-order valence-electron chi connectivity index (χ0n) is 10.6. The second kappa shape index (κ2) is 5.28. The van der Waals surface area contributed by atoms with Crippen LogP contribution >= 0.6 is 11.6 Å². The van der Waals surface area contributed by atoms with E-state index in [0.29, 0.717) is 22.0 Å². The van der Waals surface area contributed by atoms with Gasteiger partial charge < -0.3 is 10.3 Å². The van der Waals surface area contributed by atoms with E-state index >= 15 is 0 Å². The topological polar surface area (TPSA) is 62.0 Å². The van der Waals surface area contributed by atoms with Gasteiger partial charge in [-0.25, -0.2) is 0 Å². The predicted octanol–water partition coefficient (Wildman–Crippen LogP) is 3.43. The first-order valence-electron chi connectivity index (χ1n) is 5.75. The monoisotopic (exact) mass is 276 g/mol. The van der Waals surface area contributed by atoms with Crippen LogP contribution in [-0.2, 0) is 0 Å². The molecule has 5 heteroatoms. The first kappa shape index (κ1) is 13.4.